The second kappa shape index (κ2) is 3.44. The van der Waals surface area contributed by atoms with E-state index in [2.05, 4.69) is 15.0 Å². The summed E-state index contributed by atoms with van der Waals surface area (Å²) in [5, 5.41) is 0. The van der Waals surface area contributed by atoms with Gasteiger partial charge < -0.3 is 10.5 Å². The van der Waals surface area contributed by atoms with Crippen molar-refractivity contribution in [2.75, 3.05) is 5.73 Å². The van der Waals surface area contributed by atoms with E-state index >= 15 is 0 Å². The van der Waals surface area contributed by atoms with Gasteiger partial charge in [0.2, 0.25) is 5.95 Å². The number of hydrogen-bond donors (Lipinski definition) is 1. The molecule has 2 N–H and O–H groups in total. The van der Waals surface area contributed by atoms with Gasteiger partial charge in [-0.2, -0.15) is 0 Å². The maximum atomic E-state index is 5.76. The Morgan fingerprint density at radius 3 is 3.06 bits per heavy atom. The Morgan fingerprint density at radius 1 is 1.31 bits per heavy atom. The van der Waals surface area contributed by atoms with Crippen LogP contribution in [0, 0.1) is 0 Å². The molecule has 0 spiro atoms. The Hall–Kier alpha value is -2.17. The molecule has 5 heteroatoms. The van der Waals surface area contributed by atoms with Crippen LogP contribution in [0.2, 0.25) is 0 Å². The third-order valence-corrected chi connectivity index (χ3v) is 2.56. The lowest BCUT2D eigenvalue weighted by Gasteiger charge is -2.09. The molecular weight excluding hydrogens is 204 g/mol. The molecule has 16 heavy (non-hydrogen) atoms. The van der Waals surface area contributed by atoms with Gasteiger partial charge in [0, 0.05) is 30.6 Å². The standard InChI is InChI=1S/C11H10N4O/c12-11-14-4-1-8(15-11)10-5-7-6-13-3-2-9(7)16-10/h1-4,6,10H,5H2,(H2,12,14,15). The molecule has 1 aliphatic rings. The molecule has 2 aromatic heterocycles. The first-order valence-electron chi connectivity index (χ1n) is 5.01. The number of hydrogen-bond acceptors (Lipinski definition) is 5. The third kappa shape index (κ3) is 1.46. The maximum absolute atomic E-state index is 5.76. The van der Waals surface area contributed by atoms with E-state index in [1.807, 2.05) is 18.3 Å². The van der Waals surface area contributed by atoms with Gasteiger partial charge in [0.25, 0.3) is 0 Å². The van der Waals surface area contributed by atoms with Crippen molar-refractivity contribution in [3.8, 4) is 5.75 Å². The SMILES string of the molecule is Nc1nccc(C2Cc3cnccc3O2)n1. The Kier molecular flexibility index (Phi) is 1.96. The summed E-state index contributed by atoms with van der Waals surface area (Å²) < 4.78 is 5.76. The van der Waals surface area contributed by atoms with E-state index in [-0.39, 0.29) is 12.1 Å². The van der Waals surface area contributed by atoms with Gasteiger partial charge in [-0.05, 0) is 12.1 Å². The molecule has 0 aliphatic carbocycles. The number of anilines is 1. The van der Waals surface area contributed by atoms with Gasteiger partial charge in [-0.25, -0.2) is 9.97 Å². The quantitative estimate of drug-likeness (QED) is 0.770. The van der Waals surface area contributed by atoms with Crippen molar-refractivity contribution in [1.82, 2.24) is 15.0 Å². The van der Waals surface area contributed by atoms with Crippen molar-refractivity contribution in [3.63, 3.8) is 0 Å². The van der Waals surface area contributed by atoms with Crippen LogP contribution in [0.1, 0.15) is 17.4 Å². The summed E-state index contributed by atoms with van der Waals surface area (Å²) in [5.74, 6) is 1.15. The monoisotopic (exact) mass is 214 g/mol. The van der Waals surface area contributed by atoms with Crippen molar-refractivity contribution in [3.05, 3.63) is 42.0 Å². The zero-order valence-corrected chi connectivity index (χ0v) is 8.50. The van der Waals surface area contributed by atoms with Crippen molar-refractivity contribution >= 4 is 5.95 Å². The number of nitrogen functional groups attached to an aromatic ring is 1. The number of fused-ring (bicyclic) bond motifs is 1. The van der Waals surface area contributed by atoms with E-state index in [1.165, 1.54) is 0 Å². The van der Waals surface area contributed by atoms with Gasteiger partial charge in [-0.15, -0.1) is 0 Å². The second-order valence-electron chi connectivity index (χ2n) is 3.63. The van der Waals surface area contributed by atoms with Gasteiger partial charge >= 0.3 is 0 Å². The number of aromatic nitrogens is 3. The van der Waals surface area contributed by atoms with Crippen molar-refractivity contribution in [2.24, 2.45) is 0 Å². The molecule has 1 atom stereocenters. The highest BCUT2D eigenvalue weighted by Crippen LogP contribution is 2.34. The normalized spacial score (nSPS) is 17.9. The molecule has 1 aliphatic heterocycles. The number of nitrogens with two attached hydrogens (primary N) is 1. The molecular formula is C11H10N4O. The average molecular weight is 214 g/mol. The molecule has 0 aromatic carbocycles. The lowest BCUT2D eigenvalue weighted by molar-refractivity contribution is 0.233. The van der Waals surface area contributed by atoms with Crippen LogP contribution in [-0.4, -0.2) is 15.0 Å². The molecule has 0 radical (unpaired) electrons. The topological polar surface area (TPSA) is 73.9 Å². The summed E-state index contributed by atoms with van der Waals surface area (Å²) in [5.41, 5.74) is 7.45. The predicted molar refractivity (Wildman–Crippen MR) is 57.8 cm³/mol. The summed E-state index contributed by atoms with van der Waals surface area (Å²) in [6, 6.07) is 3.68. The van der Waals surface area contributed by atoms with E-state index in [4.69, 9.17) is 10.5 Å². The highest BCUT2D eigenvalue weighted by Gasteiger charge is 2.25. The molecule has 0 bridgehead atoms. The number of pyridine rings is 1. The van der Waals surface area contributed by atoms with Crippen LogP contribution in [0.25, 0.3) is 0 Å². The number of ether oxygens (including phenoxy) is 1. The van der Waals surface area contributed by atoms with Crippen LogP contribution in [0.4, 0.5) is 5.95 Å². The van der Waals surface area contributed by atoms with Crippen molar-refractivity contribution in [2.45, 2.75) is 12.5 Å². The van der Waals surface area contributed by atoms with Crippen LogP contribution in [0.5, 0.6) is 5.75 Å². The fourth-order valence-corrected chi connectivity index (χ4v) is 1.81. The number of nitrogens with zero attached hydrogens (tertiary/aromatic N) is 3. The molecule has 3 rings (SSSR count). The van der Waals surface area contributed by atoms with E-state index in [0.717, 1.165) is 23.4 Å². The molecule has 0 saturated carbocycles. The van der Waals surface area contributed by atoms with Gasteiger partial charge in [0.15, 0.2) is 0 Å². The molecule has 2 aromatic rings. The first-order chi connectivity index (χ1) is 7.83. The first kappa shape index (κ1) is 9.08. The Labute approximate surface area is 92.3 Å². The van der Waals surface area contributed by atoms with E-state index in [9.17, 15) is 0 Å². The Bertz CT molecular complexity index is 504. The van der Waals surface area contributed by atoms with Crippen LogP contribution in [0.15, 0.2) is 30.7 Å². The first-order valence-corrected chi connectivity index (χ1v) is 5.01. The zero-order valence-electron chi connectivity index (χ0n) is 8.50. The number of rotatable bonds is 1. The summed E-state index contributed by atoms with van der Waals surface area (Å²) in [6.07, 6.45) is 5.88. The summed E-state index contributed by atoms with van der Waals surface area (Å²) in [4.78, 5) is 12.1. The minimum absolute atomic E-state index is 0.0792. The zero-order chi connectivity index (χ0) is 11.0. The largest absolute Gasteiger partial charge is 0.483 e. The Balaban J connectivity index is 1.91. The average Bonchev–Trinajstić information content (AvgIpc) is 2.72. The third-order valence-electron chi connectivity index (χ3n) is 2.56. The summed E-state index contributed by atoms with van der Waals surface area (Å²) in [6.45, 7) is 0. The lowest BCUT2D eigenvalue weighted by Crippen LogP contribution is -2.07. The maximum Gasteiger partial charge on any atom is 0.220 e. The molecule has 5 nitrogen and oxygen atoms in total. The van der Waals surface area contributed by atoms with Crippen LogP contribution in [-0.2, 0) is 6.42 Å². The second-order valence-corrected chi connectivity index (χ2v) is 3.63. The summed E-state index contributed by atoms with van der Waals surface area (Å²) >= 11 is 0. The fraction of sp³-hybridized carbons (Fsp3) is 0.182. The van der Waals surface area contributed by atoms with Crippen molar-refractivity contribution in [1.29, 1.82) is 0 Å². The minimum Gasteiger partial charge on any atom is -0.483 e. The minimum atomic E-state index is -0.0792. The lowest BCUT2D eigenvalue weighted by atomic mass is 10.1. The molecule has 3 heterocycles. The van der Waals surface area contributed by atoms with Gasteiger partial charge in [-0.3, -0.25) is 4.98 Å². The van der Waals surface area contributed by atoms with Crippen LogP contribution < -0.4 is 10.5 Å². The predicted octanol–water partition coefficient (Wildman–Crippen LogP) is 1.13. The van der Waals surface area contributed by atoms with Gasteiger partial charge in [0.05, 0.1) is 5.69 Å². The van der Waals surface area contributed by atoms with Crippen molar-refractivity contribution < 1.29 is 4.74 Å². The smallest absolute Gasteiger partial charge is 0.220 e. The van der Waals surface area contributed by atoms with E-state index in [1.54, 1.807) is 12.4 Å². The van der Waals surface area contributed by atoms with Crippen LogP contribution in [0.3, 0.4) is 0 Å². The van der Waals surface area contributed by atoms with Gasteiger partial charge in [-0.1, -0.05) is 0 Å². The molecule has 0 saturated heterocycles. The van der Waals surface area contributed by atoms with Crippen LogP contribution >= 0.6 is 0 Å². The highest BCUT2D eigenvalue weighted by atomic mass is 16.5. The molecule has 1 unspecified atom stereocenters. The molecule has 0 amide bonds. The molecule has 0 fully saturated rings. The van der Waals surface area contributed by atoms with E-state index in [0.29, 0.717) is 0 Å². The molecule has 80 valence electrons. The Morgan fingerprint density at radius 2 is 2.25 bits per heavy atom. The summed E-state index contributed by atoms with van der Waals surface area (Å²) in [7, 11) is 0. The van der Waals surface area contributed by atoms with Gasteiger partial charge in [0.1, 0.15) is 11.9 Å². The fourth-order valence-electron chi connectivity index (χ4n) is 1.81. The van der Waals surface area contributed by atoms with E-state index < -0.39 is 0 Å². The highest BCUT2D eigenvalue weighted by molar-refractivity contribution is 5.36.